The van der Waals surface area contributed by atoms with E-state index in [1.54, 1.807) is 0 Å². The van der Waals surface area contributed by atoms with Gasteiger partial charge in [0, 0.05) is 24.7 Å². The number of aliphatic hydroxyl groups excluding tert-OH is 1. The van der Waals surface area contributed by atoms with Crippen LogP contribution in [0.3, 0.4) is 0 Å². The van der Waals surface area contributed by atoms with Crippen LogP contribution in [0, 0.1) is 0 Å². The third-order valence-corrected chi connectivity index (χ3v) is 4.93. The molecule has 2 aromatic carbocycles. The highest BCUT2D eigenvalue weighted by Crippen LogP contribution is 2.33. The summed E-state index contributed by atoms with van der Waals surface area (Å²) in [6, 6.07) is 17.1. The van der Waals surface area contributed by atoms with Crippen molar-refractivity contribution in [3.63, 3.8) is 0 Å². The van der Waals surface area contributed by atoms with Crippen molar-refractivity contribution in [2.75, 3.05) is 19.6 Å². The first kappa shape index (κ1) is 16.5. The average Bonchev–Trinajstić information content (AvgIpc) is 2.58. The van der Waals surface area contributed by atoms with Gasteiger partial charge in [-0.3, -0.25) is 0 Å². The predicted molar refractivity (Wildman–Crippen MR) is 92.4 cm³/mol. The van der Waals surface area contributed by atoms with Crippen LogP contribution in [0.5, 0.6) is 0 Å². The van der Waals surface area contributed by atoms with Gasteiger partial charge in [0.1, 0.15) is 0 Å². The molecule has 0 aromatic heterocycles. The maximum atomic E-state index is 10.9. The highest BCUT2D eigenvalue weighted by atomic mass is 35.5. The fourth-order valence-electron chi connectivity index (χ4n) is 3.18. The van der Waals surface area contributed by atoms with Crippen molar-refractivity contribution in [1.29, 1.82) is 0 Å². The molecule has 3 nitrogen and oxygen atoms in total. The van der Waals surface area contributed by atoms with Crippen LogP contribution in [0.4, 0.5) is 0 Å². The normalized spacial score (nSPS) is 19.4. The van der Waals surface area contributed by atoms with E-state index in [1.807, 2.05) is 54.6 Å². The molecule has 1 heterocycles. The van der Waals surface area contributed by atoms with Crippen LogP contribution in [0.2, 0.25) is 5.02 Å². The second-order valence-corrected chi connectivity index (χ2v) is 6.70. The number of benzene rings is 2. The summed E-state index contributed by atoms with van der Waals surface area (Å²) in [4.78, 5) is 2.21. The Morgan fingerprint density at radius 3 is 2.22 bits per heavy atom. The summed E-state index contributed by atoms with van der Waals surface area (Å²) in [5, 5.41) is 21.9. The molecular weight excluding hydrogens is 310 g/mol. The van der Waals surface area contributed by atoms with Crippen molar-refractivity contribution >= 4 is 11.6 Å². The molecule has 0 radical (unpaired) electrons. The van der Waals surface area contributed by atoms with Gasteiger partial charge < -0.3 is 15.1 Å². The van der Waals surface area contributed by atoms with Gasteiger partial charge in [0.15, 0.2) is 0 Å². The number of rotatable bonds is 4. The molecule has 122 valence electrons. The lowest BCUT2D eigenvalue weighted by Gasteiger charge is -2.39. The second kappa shape index (κ2) is 7.02. The number of halogens is 1. The zero-order valence-corrected chi connectivity index (χ0v) is 13.8. The fourth-order valence-corrected chi connectivity index (χ4v) is 3.31. The van der Waals surface area contributed by atoms with Crippen LogP contribution < -0.4 is 0 Å². The van der Waals surface area contributed by atoms with E-state index in [0.717, 1.165) is 24.2 Å². The molecule has 23 heavy (non-hydrogen) atoms. The van der Waals surface area contributed by atoms with Crippen molar-refractivity contribution in [2.24, 2.45) is 0 Å². The summed E-state index contributed by atoms with van der Waals surface area (Å²) in [5.74, 6) is 0. The minimum absolute atomic E-state index is 0.488. The van der Waals surface area contributed by atoms with Crippen LogP contribution in [0.1, 0.15) is 30.1 Å². The number of hydrogen-bond donors (Lipinski definition) is 2. The molecule has 0 saturated carbocycles. The second-order valence-electron chi connectivity index (χ2n) is 6.27. The largest absolute Gasteiger partial charge is 0.387 e. The van der Waals surface area contributed by atoms with E-state index in [1.165, 1.54) is 0 Å². The third-order valence-electron chi connectivity index (χ3n) is 4.68. The van der Waals surface area contributed by atoms with Crippen LogP contribution in [0.25, 0.3) is 0 Å². The Labute approximate surface area is 142 Å². The molecule has 0 unspecified atom stereocenters. The third kappa shape index (κ3) is 3.93. The van der Waals surface area contributed by atoms with E-state index < -0.39 is 11.7 Å². The first-order valence-electron chi connectivity index (χ1n) is 8.01. The summed E-state index contributed by atoms with van der Waals surface area (Å²) in [7, 11) is 0. The molecular formula is C19H22ClNO2. The molecule has 1 aliphatic heterocycles. The summed E-state index contributed by atoms with van der Waals surface area (Å²) in [5.41, 5.74) is 1.06. The van der Waals surface area contributed by atoms with E-state index in [9.17, 15) is 10.2 Å². The van der Waals surface area contributed by atoms with Crippen molar-refractivity contribution in [3.8, 4) is 0 Å². The van der Waals surface area contributed by atoms with Crippen molar-refractivity contribution < 1.29 is 10.2 Å². The lowest BCUT2D eigenvalue weighted by Crippen LogP contribution is -2.43. The fraction of sp³-hybridized carbons (Fsp3) is 0.368. The lowest BCUT2D eigenvalue weighted by atomic mass is 9.84. The van der Waals surface area contributed by atoms with Gasteiger partial charge in [-0.05, 0) is 36.1 Å². The van der Waals surface area contributed by atoms with Gasteiger partial charge in [0.2, 0.25) is 0 Å². The van der Waals surface area contributed by atoms with E-state index >= 15 is 0 Å². The monoisotopic (exact) mass is 331 g/mol. The first-order valence-corrected chi connectivity index (χ1v) is 8.38. The molecule has 1 saturated heterocycles. The van der Waals surface area contributed by atoms with E-state index in [-0.39, 0.29) is 0 Å². The van der Waals surface area contributed by atoms with Gasteiger partial charge in [-0.2, -0.15) is 0 Å². The molecule has 1 atom stereocenters. The number of piperidine rings is 1. The zero-order chi connectivity index (χ0) is 16.3. The van der Waals surface area contributed by atoms with E-state index in [0.29, 0.717) is 24.4 Å². The molecule has 0 bridgehead atoms. The van der Waals surface area contributed by atoms with Gasteiger partial charge in [-0.15, -0.1) is 0 Å². The molecule has 0 aliphatic carbocycles. The molecule has 3 rings (SSSR count). The summed E-state index contributed by atoms with van der Waals surface area (Å²) in [6.45, 7) is 2.13. The van der Waals surface area contributed by atoms with Crippen LogP contribution >= 0.6 is 11.6 Å². The van der Waals surface area contributed by atoms with Crippen molar-refractivity contribution in [3.05, 3.63) is 70.7 Å². The molecule has 2 N–H and O–H groups in total. The Morgan fingerprint density at radius 2 is 1.61 bits per heavy atom. The number of nitrogens with zero attached hydrogens (tertiary/aromatic N) is 1. The van der Waals surface area contributed by atoms with Crippen LogP contribution in [-0.2, 0) is 5.60 Å². The number of hydrogen-bond acceptors (Lipinski definition) is 3. The van der Waals surface area contributed by atoms with Gasteiger partial charge >= 0.3 is 0 Å². The van der Waals surface area contributed by atoms with Crippen molar-refractivity contribution in [1.82, 2.24) is 4.90 Å². The quantitative estimate of drug-likeness (QED) is 0.903. The molecule has 0 amide bonds. The van der Waals surface area contributed by atoms with Gasteiger partial charge in [-0.1, -0.05) is 54.1 Å². The van der Waals surface area contributed by atoms with Crippen LogP contribution in [-0.4, -0.2) is 34.7 Å². The lowest BCUT2D eigenvalue weighted by molar-refractivity contribution is -0.0344. The number of likely N-dealkylation sites (tertiary alicyclic amines) is 1. The molecule has 2 aromatic rings. The highest BCUT2D eigenvalue weighted by Gasteiger charge is 2.34. The number of aliphatic hydroxyl groups is 2. The van der Waals surface area contributed by atoms with Gasteiger partial charge in [0.25, 0.3) is 0 Å². The highest BCUT2D eigenvalue weighted by molar-refractivity contribution is 6.30. The Balaban J connectivity index is 1.59. The Kier molecular flexibility index (Phi) is 5.02. The Hall–Kier alpha value is -1.39. The topological polar surface area (TPSA) is 43.7 Å². The SMILES string of the molecule is O[C@H](CN1CCC(O)(c2ccc(Cl)cc2)CC1)c1ccccc1. The zero-order valence-electron chi connectivity index (χ0n) is 13.0. The number of β-amino-alcohol motifs (C(OH)–C–C–N with tert-alkyl or cyclic N) is 1. The smallest absolute Gasteiger partial charge is 0.0920 e. The van der Waals surface area contributed by atoms with E-state index in [4.69, 9.17) is 11.6 Å². The maximum absolute atomic E-state index is 10.9. The minimum atomic E-state index is -0.793. The summed E-state index contributed by atoms with van der Waals surface area (Å²) >= 11 is 5.92. The summed E-state index contributed by atoms with van der Waals surface area (Å²) < 4.78 is 0. The molecule has 4 heteroatoms. The first-order chi connectivity index (χ1) is 11.1. The standard InChI is InChI=1S/C19H22ClNO2/c20-17-8-6-16(7-9-17)19(23)10-12-21(13-11-19)14-18(22)15-4-2-1-3-5-15/h1-9,18,22-23H,10-14H2/t18-/m1/s1. The summed E-state index contributed by atoms with van der Waals surface area (Å²) in [6.07, 6.45) is 0.838. The molecule has 0 spiro atoms. The Bertz CT molecular complexity index is 622. The van der Waals surface area contributed by atoms with Crippen LogP contribution in [0.15, 0.2) is 54.6 Å². The maximum Gasteiger partial charge on any atom is 0.0920 e. The van der Waals surface area contributed by atoms with Gasteiger partial charge in [0.05, 0.1) is 11.7 Å². The minimum Gasteiger partial charge on any atom is -0.387 e. The molecule has 1 fully saturated rings. The molecule has 1 aliphatic rings. The predicted octanol–water partition coefficient (Wildman–Crippen LogP) is 3.36. The van der Waals surface area contributed by atoms with Crippen molar-refractivity contribution in [2.45, 2.75) is 24.5 Å². The Morgan fingerprint density at radius 1 is 1.00 bits per heavy atom. The van der Waals surface area contributed by atoms with Gasteiger partial charge in [-0.25, -0.2) is 0 Å². The van der Waals surface area contributed by atoms with E-state index in [2.05, 4.69) is 4.90 Å². The average molecular weight is 332 g/mol.